The van der Waals surface area contributed by atoms with Crippen molar-refractivity contribution in [1.82, 2.24) is 5.32 Å². The standard InChI is InChI=1S/C11H18N2O2/c1-10(2)8(5-7-12)4-6-11(10,3)13-9(14)15/h8,13H,4-6H2,1-3H3,(H,14,15)/t8-,11-/m0/s1. The van der Waals surface area contributed by atoms with Gasteiger partial charge >= 0.3 is 6.09 Å². The smallest absolute Gasteiger partial charge is 0.405 e. The van der Waals surface area contributed by atoms with Gasteiger partial charge in [-0.2, -0.15) is 5.26 Å². The van der Waals surface area contributed by atoms with E-state index in [1.165, 1.54) is 0 Å². The van der Waals surface area contributed by atoms with Gasteiger partial charge < -0.3 is 10.4 Å². The number of nitrogens with zero attached hydrogens (tertiary/aromatic N) is 1. The van der Waals surface area contributed by atoms with Gasteiger partial charge in [0.2, 0.25) is 0 Å². The molecule has 0 saturated heterocycles. The van der Waals surface area contributed by atoms with E-state index >= 15 is 0 Å². The van der Waals surface area contributed by atoms with Crippen LogP contribution in [0.2, 0.25) is 0 Å². The fraction of sp³-hybridized carbons (Fsp3) is 0.818. The average Bonchev–Trinajstić information content (AvgIpc) is 2.28. The van der Waals surface area contributed by atoms with Crippen molar-refractivity contribution in [2.24, 2.45) is 11.3 Å². The zero-order valence-corrected chi connectivity index (χ0v) is 9.50. The van der Waals surface area contributed by atoms with E-state index in [1.54, 1.807) is 0 Å². The molecule has 15 heavy (non-hydrogen) atoms. The Kier molecular flexibility index (Phi) is 2.94. The first-order chi connectivity index (χ1) is 6.83. The lowest BCUT2D eigenvalue weighted by atomic mass is 9.70. The van der Waals surface area contributed by atoms with Crippen molar-refractivity contribution >= 4 is 6.09 Å². The highest BCUT2D eigenvalue weighted by Gasteiger charge is 2.52. The van der Waals surface area contributed by atoms with Crippen molar-refractivity contribution in [3.63, 3.8) is 0 Å². The molecule has 84 valence electrons. The summed E-state index contributed by atoms with van der Waals surface area (Å²) in [5.41, 5.74) is -0.582. The number of carbonyl (C=O) groups is 1. The highest BCUT2D eigenvalue weighted by molar-refractivity contribution is 5.65. The maximum atomic E-state index is 10.7. The number of amides is 1. The number of nitrogens with one attached hydrogen (secondary N) is 1. The second kappa shape index (κ2) is 3.73. The summed E-state index contributed by atoms with van der Waals surface area (Å²) in [5, 5.41) is 20.1. The zero-order chi connectivity index (χ0) is 11.7. The summed E-state index contributed by atoms with van der Waals surface area (Å²) in [6.45, 7) is 6.01. The SMILES string of the molecule is CC1(C)[C@H](CC#N)CC[C@]1(C)NC(=O)O. The van der Waals surface area contributed by atoms with Crippen molar-refractivity contribution in [2.75, 3.05) is 0 Å². The number of carboxylic acid groups (broad SMARTS) is 1. The maximum Gasteiger partial charge on any atom is 0.405 e. The lowest BCUT2D eigenvalue weighted by Gasteiger charge is -2.41. The Labute approximate surface area is 90.3 Å². The zero-order valence-electron chi connectivity index (χ0n) is 9.50. The van der Waals surface area contributed by atoms with Crippen LogP contribution in [-0.2, 0) is 0 Å². The van der Waals surface area contributed by atoms with Crippen LogP contribution in [0.15, 0.2) is 0 Å². The Morgan fingerprint density at radius 3 is 2.67 bits per heavy atom. The Bertz CT molecular complexity index is 306. The normalized spacial score (nSPS) is 33.3. The van der Waals surface area contributed by atoms with Gasteiger partial charge in [-0.3, -0.25) is 0 Å². The number of rotatable bonds is 2. The van der Waals surface area contributed by atoms with E-state index < -0.39 is 11.6 Å². The number of hydrogen-bond acceptors (Lipinski definition) is 2. The molecule has 0 bridgehead atoms. The van der Waals surface area contributed by atoms with Crippen LogP contribution in [-0.4, -0.2) is 16.7 Å². The maximum absolute atomic E-state index is 10.7. The highest BCUT2D eigenvalue weighted by Crippen LogP contribution is 2.51. The Hall–Kier alpha value is -1.24. The molecule has 4 nitrogen and oxygen atoms in total. The first kappa shape index (κ1) is 11.8. The van der Waals surface area contributed by atoms with E-state index in [2.05, 4.69) is 11.4 Å². The van der Waals surface area contributed by atoms with Crippen LogP contribution in [0.3, 0.4) is 0 Å². The Morgan fingerprint density at radius 2 is 2.20 bits per heavy atom. The van der Waals surface area contributed by atoms with Gasteiger partial charge in [0.15, 0.2) is 0 Å². The topological polar surface area (TPSA) is 73.1 Å². The van der Waals surface area contributed by atoms with Crippen LogP contribution in [0, 0.1) is 22.7 Å². The molecule has 1 rings (SSSR count). The molecule has 2 N–H and O–H groups in total. The van der Waals surface area contributed by atoms with Crippen molar-refractivity contribution in [2.45, 2.75) is 45.6 Å². The molecule has 1 amide bonds. The predicted octanol–water partition coefficient (Wildman–Crippen LogP) is 2.36. The predicted molar refractivity (Wildman–Crippen MR) is 56.3 cm³/mol. The summed E-state index contributed by atoms with van der Waals surface area (Å²) in [7, 11) is 0. The fourth-order valence-electron chi connectivity index (χ4n) is 2.52. The quantitative estimate of drug-likeness (QED) is 0.734. The van der Waals surface area contributed by atoms with E-state index in [0.29, 0.717) is 6.42 Å². The molecule has 2 atom stereocenters. The summed E-state index contributed by atoms with van der Waals surface area (Å²) in [4.78, 5) is 10.7. The summed E-state index contributed by atoms with van der Waals surface area (Å²) in [6.07, 6.45) is 1.24. The highest BCUT2D eigenvalue weighted by atomic mass is 16.4. The molecule has 1 aliphatic rings. The first-order valence-electron chi connectivity index (χ1n) is 5.21. The number of hydrogen-bond donors (Lipinski definition) is 2. The molecule has 0 spiro atoms. The van der Waals surface area contributed by atoms with Gasteiger partial charge in [-0.25, -0.2) is 4.79 Å². The van der Waals surface area contributed by atoms with Crippen LogP contribution < -0.4 is 5.32 Å². The molecule has 0 radical (unpaired) electrons. The van der Waals surface area contributed by atoms with E-state index in [-0.39, 0.29) is 11.3 Å². The van der Waals surface area contributed by atoms with Gasteiger partial charge in [0.1, 0.15) is 0 Å². The summed E-state index contributed by atoms with van der Waals surface area (Å²) >= 11 is 0. The van der Waals surface area contributed by atoms with Gasteiger partial charge in [0, 0.05) is 12.0 Å². The Morgan fingerprint density at radius 1 is 1.60 bits per heavy atom. The van der Waals surface area contributed by atoms with Crippen molar-refractivity contribution in [1.29, 1.82) is 5.26 Å². The summed E-state index contributed by atoms with van der Waals surface area (Å²) < 4.78 is 0. The summed E-state index contributed by atoms with van der Waals surface area (Å²) in [5.74, 6) is 0.277. The molecule has 0 aliphatic heterocycles. The molecular weight excluding hydrogens is 192 g/mol. The Balaban J connectivity index is 2.86. The van der Waals surface area contributed by atoms with E-state index in [9.17, 15) is 4.79 Å². The van der Waals surface area contributed by atoms with Crippen molar-refractivity contribution in [3.05, 3.63) is 0 Å². The molecular formula is C11H18N2O2. The third kappa shape index (κ3) is 1.92. The van der Waals surface area contributed by atoms with Gasteiger partial charge in [-0.15, -0.1) is 0 Å². The van der Waals surface area contributed by atoms with Crippen LogP contribution in [0.5, 0.6) is 0 Å². The van der Waals surface area contributed by atoms with Gasteiger partial charge in [0.25, 0.3) is 0 Å². The third-order valence-electron chi connectivity index (χ3n) is 4.16. The van der Waals surface area contributed by atoms with Crippen molar-refractivity contribution in [3.8, 4) is 6.07 Å². The van der Waals surface area contributed by atoms with Crippen LogP contribution in [0.4, 0.5) is 4.79 Å². The lowest BCUT2D eigenvalue weighted by Crippen LogP contribution is -2.53. The molecule has 0 aromatic carbocycles. The van der Waals surface area contributed by atoms with E-state index in [1.807, 2.05) is 20.8 Å². The second-order valence-corrected chi connectivity index (χ2v) is 5.08. The molecule has 0 aromatic heterocycles. The van der Waals surface area contributed by atoms with Crippen LogP contribution in [0.25, 0.3) is 0 Å². The molecule has 0 unspecified atom stereocenters. The van der Waals surface area contributed by atoms with Gasteiger partial charge in [-0.1, -0.05) is 13.8 Å². The molecule has 1 aliphatic carbocycles. The largest absolute Gasteiger partial charge is 0.465 e. The molecule has 0 heterocycles. The molecule has 1 fully saturated rings. The van der Waals surface area contributed by atoms with Crippen molar-refractivity contribution < 1.29 is 9.90 Å². The lowest BCUT2D eigenvalue weighted by molar-refractivity contribution is 0.117. The first-order valence-corrected chi connectivity index (χ1v) is 5.21. The van der Waals surface area contributed by atoms with Crippen LogP contribution >= 0.6 is 0 Å². The molecule has 1 saturated carbocycles. The minimum Gasteiger partial charge on any atom is -0.465 e. The second-order valence-electron chi connectivity index (χ2n) is 5.08. The van der Waals surface area contributed by atoms with Crippen LogP contribution in [0.1, 0.15) is 40.0 Å². The minimum absolute atomic E-state index is 0.166. The van der Waals surface area contributed by atoms with Gasteiger partial charge in [0.05, 0.1) is 6.07 Å². The third-order valence-corrected chi connectivity index (χ3v) is 4.16. The fourth-order valence-corrected chi connectivity index (χ4v) is 2.52. The number of nitriles is 1. The average molecular weight is 210 g/mol. The molecule has 0 aromatic rings. The minimum atomic E-state index is -0.983. The molecule has 4 heteroatoms. The van der Waals surface area contributed by atoms with Gasteiger partial charge in [-0.05, 0) is 31.1 Å². The van der Waals surface area contributed by atoms with E-state index in [4.69, 9.17) is 10.4 Å². The monoisotopic (exact) mass is 210 g/mol. The van der Waals surface area contributed by atoms with E-state index in [0.717, 1.165) is 12.8 Å². The summed E-state index contributed by atoms with van der Waals surface area (Å²) in [6, 6.07) is 2.18.